The number of nitrogens with zero attached hydrogens (tertiary/aromatic N) is 2. The lowest BCUT2D eigenvalue weighted by molar-refractivity contribution is -0.122. The molecule has 0 aliphatic heterocycles. The summed E-state index contributed by atoms with van der Waals surface area (Å²) in [4.78, 5) is 16.6. The highest BCUT2D eigenvalue weighted by Crippen LogP contribution is 2.06. The molecule has 0 bridgehead atoms. The number of imidazole rings is 1. The van der Waals surface area contributed by atoms with E-state index in [0.29, 0.717) is 13.0 Å². The van der Waals surface area contributed by atoms with Crippen molar-refractivity contribution in [2.75, 3.05) is 6.54 Å². The van der Waals surface area contributed by atoms with Crippen molar-refractivity contribution in [1.82, 2.24) is 14.9 Å². The molecule has 3 N–H and O–H groups in total. The Labute approximate surface area is 184 Å². The van der Waals surface area contributed by atoms with Gasteiger partial charge in [-0.1, -0.05) is 60.2 Å². The summed E-state index contributed by atoms with van der Waals surface area (Å²) in [6.07, 6.45) is 4.96. The number of benzene rings is 2. The predicted molar refractivity (Wildman–Crippen MR) is 122 cm³/mol. The largest absolute Gasteiger partial charge is 0.354 e. The van der Waals surface area contributed by atoms with E-state index in [1.165, 1.54) is 16.7 Å². The summed E-state index contributed by atoms with van der Waals surface area (Å²) < 4.78 is 2.01. The summed E-state index contributed by atoms with van der Waals surface area (Å²) in [5, 5.41) is 2.92. The van der Waals surface area contributed by atoms with E-state index in [0.717, 1.165) is 18.7 Å². The zero-order valence-electron chi connectivity index (χ0n) is 16.5. The molecule has 0 saturated heterocycles. The molecule has 0 saturated carbocycles. The van der Waals surface area contributed by atoms with Crippen molar-refractivity contribution in [2.24, 2.45) is 5.73 Å². The first kappa shape index (κ1) is 24.7. The van der Waals surface area contributed by atoms with E-state index in [1.54, 1.807) is 6.33 Å². The number of hydrogen-bond acceptors (Lipinski definition) is 3. The van der Waals surface area contributed by atoms with Crippen LogP contribution in [0.5, 0.6) is 0 Å². The third kappa shape index (κ3) is 7.89. The van der Waals surface area contributed by atoms with Crippen molar-refractivity contribution < 1.29 is 4.79 Å². The molecule has 156 valence electrons. The summed E-state index contributed by atoms with van der Waals surface area (Å²) in [5.74, 6) is -0.139. The van der Waals surface area contributed by atoms with Crippen LogP contribution in [0.3, 0.4) is 0 Å². The van der Waals surface area contributed by atoms with Gasteiger partial charge < -0.3 is 15.6 Å². The molecule has 0 aliphatic rings. The number of nitrogens with two attached hydrogens (primary N) is 1. The lowest BCUT2D eigenvalue weighted by Gasteiger charge is -2.11. The lowest BCUT2D eigenvalue weighted by Crippen LogP contribution is -2.42. The van der Waals surface area contributed by atoms with Crippen LogP contribution < -0.4 is 11.1 Å². The van der Waals surface area contributed by atoms with E-state index in [9.17, 15) is 4.79 Å². The van der Waals surface area contributed by atoms with E-state index >= 15 is 0 Å². The van der Waals surface area contributed by atoms with Gasteiger partial charge in [0.25, 0.3) is 0 Å². The number of amides is 1. The van der Waals surface area contributed by atoms with Gasteiger partial charge in [-0.15, -0.1) is 24.8 Å². The van der Waals surface area contributed by atoms with Gasteiger partial charge in [0.15, 0.2) is 0 Å². The van der Waals surface area contributed by atoms with Crippen LogP contribution in [0.25, 0.3) is 0 Å². The van der Waals surface area contributed by atoms with Crippen molar-refractivity contribution >= 4 is 30.7 Å². The SMILES string of the molecule is Cc1cccc(CCNC(=O)[C@@H](N)Cc2cn(Cc3ccccc3)cn2)c1.Cl.Cl. The summed E-state index contributed by atoms with van der Waals surface area (Å²) in [6.45, 7) is 3.40. The number of aryl methyl sites for hydroxylation is 1. The normalized spacial score (nSPS) is 11.1. The maximum absolute atomic E-state index is 12.2. The lowest BCUT2D eigenvalue weighted by atomic mass is 10.1. The van der Waals surface area contributed by atoms with Gasteiger partial charge in [0, 0.05) is 25.7 Å². The second kappa shape index (κ2) is 12.3. The number of aromatic nitrogens is 2. The summed E-state index contributed by atoms with van der Waals surface area (Å²) >= 11 is 0. The van der Waals surface area contributed by atoms with Crippen LogP contribution in [-0.2, 0) is 24.2 Å². The molecular formula is C22H28Cl2N4O. The molecule has 1 atom stereocenters. The number of nitrogens with one attached hydrogen (secondary N) is 1. The third-order valence-corrected chi connectivity index (χ3v) is 4.46. The molecule has 0 aliphatic carbocycles. The van der Waals surface area contributed by atoms with Crippen molar-refractivity contribution in [3.05, 3.63) is 89.5 Å². The molecule has 0 unspecified atom stereocenters. The molecule has 1 amide bonds. The van der Waals surface area contributed by atoms with Gasteiger partial charge in [0.05, 0.1) is 18.1 Å². The Morgan fingerprint density at radius 2 is 1.83 bits per heavy atom. The Hall–Kier alpha value is -2.34. The van der Waals surface area contributed by atoms with Crippen LogP contribution >= 0.6 is 24.8 Å². The fourth-order valence-electron chi connectivity index (χ4n) is 3.04. The first-order valence-electron chi connectivity index (χ1n) is 9.23. The number of hydrogen-bond donors (Lipinski definition) is 2. The first-order valence-corrected chi connectivity index (χ1v) is 9.23. The average molecular weight is 435 g/mol. The molecule has 0 spiro atoms. The Kier molecular flexibility index (Phi) is 10.5. The molecule has 3 rings (SSSR count). The summed E-state index contributed by atoms with van der Waals surface area (Å²) in [5.41, 5.74) is 10.5. The minimum absolute atomic E-state index is 0. The second-order valence-corrected chi connectivity index (χ2v) is 6.86. The van der Waals surface area contributed by atoms with Gasteiger partial charge in [-0.3, -0.25) is 4.79 Å². The minimum Gasteiger partial charge on any atom is -0.354 e. The highest BCUT2D eigenvalue weighted by Gasteiger charge is 2.15. The number of carbonyl (C=O) groups is 1. The highest BCUT2D eigenvalue weighted by molar-refractivity contribution is 5.85. The quantitative estimate of drug-likeness (QED) is 0.570. The Balaban J connectivity index is 0.00000210. The van der Waals surface area contributed by atoms with Crippen LogP contribution in [-0.4, -0.2) is 28.0 Å². The fourth-order valence-corrected chi connectivity index (χ4v) is 3.04. The topological polar surface area (TPSA) is 72.9 Å². The standard InChI is InChI=1S/C22H26N4O.2ClH/c1-17-6-5-9-18(12-17)10-11-24-22(27)21(23)13-20-15-26(16-25-20)14-19-7-3-2-4-8-19;;/h2-9,12,15-16,21H,10-11,13-14,23H2,1H3,(H,24,27);2*1H/t21-;;/m0../s1. The van der Waals surface area contributed by atoms with Crippen molar-refractivity contribution in [2.45, 2.75) is 32.4 Å². The van der Waals surface area contributed by atoms with Crippen LogP contribution in [0.2, 0.25) is 0 Å². The zero-order chi connectivity index (χ0) is 19.1. The monoisotopic (exact) mass is 434 g/mol. The Bertz CT molecular complexity index is 883. The Morgan fingerprint density at radius 3 is 2.55 bits per heavy atom. The molecule has 1 heterocycles. The molecule has 5 nitrogen and oxygen atoms in total. The number of rotatable bonds is 8. The smallest absolute Gasteiger partial charge is 0.237 e. The van der Waals surface area contributed by atoms with Gasteiger partial charge in [-0.2, -0.15) is 0 Å². The molecule has 2 aromatic carbocycles. The van der Waals surface area contributed by atoms with E-state index in [-0.39, 0.29) is 30.7 Å². The van der Waals surface area contributed by atoms with E-state index in [4.69, 9.17) is 5.73 Å². The maximum Gasteiger partial charge on any atom is 0.237 e. The van der Waals surface area contributed by atoms with Crippen LogP contribution in [0.1, 0.15) is 22.4 Å². The van der Waals surface area contributed by atoms with Crippen LogP contribution in [0, 0.1) is 6.92 Å². The van der Waals surface area contributed by atoms with E-state index in [1.807, 2.05) is 35.0 Å². The summed E-state index contributed by atoms with van der Waals surface area (Å²) in [7, 11) is 0. The van der Waals surface area contributed by atoms with Gasteiger partial charge in [0.2, 0.25) is 5.91 Å². The molecule has 1 aromatic heterocycles. The first-order chi connectivity index (χ1) is 13.1. The van der Waals surface area contributed by atoms with Crippen LogP contribution in [0.15, 0.2) is 67.1 Å². The summed E-state index contributed by atoms with van der Waals surface area (Å²) in [6, 6.07) is 17.9. The van der Waals surface area contributed by atoms with Crippen molar-refractivity contribution in [1.29, 1.82) is 0 Å². The van der Waals surface area contributed by atoms with E-state index < -0.39 is 6.04 Å². The van der Waals surface area contributed by atoms with Crippen LogP contribution in [0.4, 0.5) is 0 Å². The molecule has 0 radical (unpaired) electrons. The average Bonchev–Trinajstić information content (AvgIpc) is 3.09. The zero-order valence-corrected chi connectivity index (χ0v) is 18.1. The van der Waals surface area contributed by atoms with Crippen molar-refractivity contribution in [3.8, 4) is 0 Å². The maximum atomic E-state index is 12.2. The highest BCUT2D eigenvalue weighted by atomic mass is 35.5. The number of carbonyl (C=O) groups excluding carboxylic acids is 1. The van der Waals surface area contributed by atoms with Gasteiger partial charge in [0.1, 0.15) is 0 Å². The van der Waals surface area contributed by atoms with Crippen molar-refractivity contribution in [3.63, 3.8) is 0 Å². The second-order valence-electron chi connectivity index (χ2n) is 6.86. The molecular weight excluding hydrogens is 407 g/mol. The molecule has 7 heteroatoms. The molecule has 3 aromatic rings. The van der Waals surface area contributed by atoms with Gasteiger partial charge >= 0.3 is 0 Å². The van der Waals surface area contributed by atoms with Gasteiger partial charge in [-0.05, 0) is 24.5 Å². The predicted octanol–water partition coefficient (Wildman–Crippen LogP) is 3.31. The Morgan fingerprint density at radius 1 is 1.10 bits per heavy atom. The fraction of sp³-hybridized carbons (Fsp3) is 0.273. The molecule has 29 heavy (non-hydrogen) atoms. The number of halogens is 2. The van der Waals surface area contributed by atoms with Gasteiger partial charge in [-0.25, -0.2) is 4.98 Å². The third-order valence-electron chi connectivity index (χ3n) is 4.46. The van der Waals surface area contributed by atoms with E-state index in [2.05, 4.69) is 47.6 Å². The minimum atomic E-state index is -0.595. The molecule has 0 fully saturated rings.